The maximum Gasteiger partial charge on any atom is 0.329 e. The van der Waals surface area contributed by atoms with Crippen LogP contribution in [-0.2, 0) is 20.5 Å². The van der Waals surface area contributed by atoms with Crippen LogP contribution in [0, 0.1) is 0 Å². The van der Waals surface area contributed by atoms with Gasteiger partial charge in [-0.05, 0) is 0 Å². The summed E-state index contributed by atoms with van der Waals surface area (Å²) in [4.78, 5) is 25.7. The minimum atomic E-state index is -3.68. The molecule has 1 saturated heterocycles. The van der Waals surface area contributed by atoms with Gasteiger partial charge in [-0.25, -0.2) is 13.2 Å². The molecule has 0 unspecified atom stereocenters. The summed E-state index contributed by atoms with van der Waals surface area (Å²) in [5.41, 5.74) is 3.12. The third kappa shape index (κ3) is 3.74. The first-order valence-electron chi connectivity index (χ1n) is 7.06. The van der Waals surface area contributed by atoms with Gasteiger partial charge in [-0.15, -0.1) is 0 Å². The Balaban J connectivity index is 2.41. The Morgan fingerprint density at radius 1 is 1.29 bits per heavy atom. The maximum absolute atomic E-state index is 11.9. The predicted octanol–water partition coefficient (Wildman–Crippen LogP) is -3.98. The van der Waals surface area contributed by atoms with E-state index in [1.165, 1.54) is 0 Å². The maximum atomic E-state index is 11.9. The third-order valence-corrected chi connectivity index (χ3v) is 5.18. The number of H-pyrrole nitrogens is 1. The van der Waals surface area contributed by atoms with Crippen molar-refractivity contribution >= 4 is 9.84 Å². The van der Waals surface area contributed by atoms with Gasteiger partial charge in [-0.2, -0.15) is 0 Å². The van der Waals surface area contributed by atoms with Gasteiger partial charge in [-0.3, -0.25) is 14.3 Å². The molecule has 0 saturated carbocycles. The van der Waals surface area contributed by atoms with E-state index in [-0.39, 0.29) is 17.9 Å². The van der Waals surface area contributed by atoms with Gasteiger partial charge in [0.15, 0.2) is 9.84 Å². The molecule has 2 heterocycles. The molecule has 0 spiro atoms. The molecule has 136 valence electrons. The average molecular weight is 365 g/mol. The van der Waals surface area contributed by atoms with E-state index in [0.717, 1.165) is 10.8 Å². The van der Waals surface area contributed by atoms with E-state index in [0.29, 0.717) is 0 Å². The van der Waals surface area contributed by atoms with Crippen molar-refractivity contribution in [1.82, 2.24) is 9.55 Å². The molecule has 6 N–H and O–H groups in total. The van der Waals surface area contributed by atoms with Crippen molar-refractivity contribution in [2.75, 3.05) is 18.9 Å². The SMILES string of the molecule is NCCS(=O)(=O)Cn1cc([C@@H]2O[C@H](CO)[C@@H](O)[C@H]2O)c(=O)[nH]c1=O. The smallest absolute Gasteiger partial charge is 0.329 e. The van der Waals surface area contributed by atoms with Gasteiger partial charge in [0.1, 0.15) is 30.3 Å². The van der Waals surface area contributed by atoms with Crippen molar-refractivity contribution in [3.8, 4) is 0 Å². The number of aliphatic hydroxyl groups excluding tert-OH is 3. The number of aromatic amines is 1. The van der Waals surface area contributed by atoms with Crippen molar-refractivity contribution in [1.29, 1.82) is 0 Å². The molecule has 0 aliphatic carbocycles. The zero-order valence-electron chi connectivity index (χ0n) is 12.5. The molecule has 12 heteroatoms. The van der Waals surface area contributed by atoms with Crippen LogP contribution in [0.2, 0.25) is 0 Å². The first-order chi connectivity index (χ1) is 11.2. The lowest BCUT2D eigenvalue weighted by Crippen LogP contribution is -2.37. The van der Waals surface area contributed by atoms with Crippen LogP contribution in [0.15, 0.2) is 15.8 Å². The number of nitrogens with zero attached hydrogens (tertiary/aromatic N) is 1. The van der Waals surface area contributed by atoms with Crippen LogP contribution < -0.4 is 17.0 Å². The second kappa shape index (κ2) is 7.13. The summed E-state index contributed by atoms with van der Waals surface area (Å²) in [6.45, 7) is -0.709. The number of ether oxygens (including phenoxy) is 1. The molecule has 1 fully saturated rings. The monoisotopic (exact) mass is 365 g/mol. The molecule has 24 heavy (non-hydrogen) atoms. The summed E-state index contributed by atoms with van der Waals surface area (Å²) in [5.74, 6) is -1.05. The molecule has 1 aliphatic rings. The molecule has 0 radical (unpaired) electrons. The van der Waals surface area contributed by atoms with Gasteiger partial charge in [-0.1, -0.05) is 0 Å². The Hall–Kier alpha value is -1.57. The topological polar surface area (TPSA) is 185 Å². The zero-order chi connectivity index (χ0) is 18.1. The van der Waals surface area contributed by atoms with Crippen LogP contribution in [0.3, 0.4) is 0 Å². The summed E-state index contributed by atoms with van der Waals surface area (Å²) in [5, 5.41) is 28.8. The Bertz CT molecular complexity index is 801. The molecule has 2 rings (SSSR count). The lowest BCUT2D eigenvalue weighted by Gasteiger charge is -2.15. The van der Waals surface area contributed by atoms with E-state index in [1.54, 1.807) is 0 Å². The minimum Gasteiger partial charge on any atom is -0.394 e. The van der Waals surface area contributed by atoms with Crippen LogP contribution in [0.25, 0.3) is 0 Å². The molecule has 1 aliphatic heterocycles. The number of aromatic nitrogens is 2. The standard InChI is InChI=1S/C12H19N3O8S/c13-1-2-24(21,22)5-15-3-6(11(19)14-12(15)20)10-9(18)8(17)7(4-16)23-10/h3,7-10,16-18H,1-2,4-5,13H2,(H,14,19,20)/t7-,8-,9-,10+/m1/s1. The van der Waals surface area contributed by atoms with E-state index >= 15 is 0 Å². The van der Waals surface area contributed by atoms with E-state index in [2.05, 4.69) is 0 Å². The molecule has 0 amide bonds. The summed E-state index contributed by atoms with van der Waals surface area (Å²) < 4.78 is 29.6. The van der Waals surface area contributed by atoms with Crippen LogP contribution in [-0.4, -0.2) is 70.5 Å². The molecule has 4 atom stereocenters. The summed E-state index contributed by atoms with van der Waals surface area (Å²) in [7, 11) is -3.68. The van der Waals surface area contributed by atoms with Gasteiger partial charge in [0.25, 0.3) is 5.56 Å². The van der Waals surface area contributed by atoms with Gasteiger partial charge in [0.05, 0.1) is 17.9 Å². The first kappa shape index (κ1) is 18.8. The average Bonchev–Trinajstić information content (AvgIpc) is 2.77. The first-order valence-corrected chi connectivity index (χ1v) is 8.89. The fraction of sp³-hybridized carbons (Fsp3) is 0.667. The Kier molecular flexibility index (Phi) is 5.57. The number of aliphatic hydroxyl groups is 3. The third-order valence-electron chi connectivity index (χ3n) is 3.65. The van der Waals surface area contributed by atoms with Crippen LogP contribution in [0.1, 0.15) is 11.7 Å². The zero-order valence-corrected chi connectivity index (χ0v) is 13.3. The Morgan fingerprint density at radius 2 is 1.96 bits per heavy atom. The summed E-state index contributed by atoms with van der Waals surface area (Å²) in [6, 6.07) is 0. The van der Waals surface area contributed by atoms with Crippen LogP contribution >= 0.6 is 0 Å². The molecule has 0 aromatic carbocycles. The summed E-state index contributed by atoms with van der Waals surface area (Å²) in [6.07, 6.45) is -4.42. The highest BCUT2D eigenvalue weighted by Crippen LogP contribution is 2.31. The lowest BCUT2D eigenvalue weighted by molar-refractivity contribution is -0.0233. The van der Waals surface area contributed by atoms with Crippen LogP contribution in [0.4, 0.5) is 0 Å². The minimum absolute atomic E-state index is 0.123. The highest BCUT2D eigenvalue weighted by atomic mass is 32.2. The normalized spacial score (nSPS) is 27.5. The van der Waals surface area contributed by atoms with E-state index in [4.69, 9.17) is 15.6 Å². The lowest BCUT2D eigenvalue weighted by atomic mass is 10.0. The molecule has 11 nitrogen and oxygen atoms in total. The molecule has 0 bridgehead atoms. The second-order valence-electron chi connectivity index (χ2n) is 5.44. The van der Waals surface area contributed by atoms with Crippen LogP contribution in [0.5, 0.6) is 0 Å². The van der Waals surface area contributed by atoms with E-state index < -0.39 is 58.0 Å². The van der Waals surface area contributed by atoms with E-state index in [9.17, 15) is 28.2 Å². The van der Waals surface area contributed by atoms with Gasteiger partial charge in [0, 0.05) is 12.7 Å². The number of nitrogens with two attached hydrogens (primary N) is 1. The fourth-order valence-electron chi connectivity index (χ4n) is 2.44. The Labute approximate surface area is 136 Å². The highest BCUT2D eigenvalue weighted by molar-refractivity contribution is 7.90. The predicted molar refractivity (Wildman–Crippen MR) is 80.9 cm³/mol. The summed E-state index contributed by atoms with van der Waals surface area (Å²) >= 11 is 0. The van der Waals surface area contributed by atoms with Gasteiger partial charge >= 0.3 is 5.69 Å². The number of hydrogen-bond donors (Lipinski definition) is 5. The van der Waals surface area contributed by atoms with E-state index in [1.807, 2.05) is 4.98 Å². The molecular formula is C12H19N3O8S. The number of nitrogens with one attached hydrogen (secondary N) is 1. The van der Waals surface area contributed by atoms with Crippen molar-refractivity contribution in [2.45, 2.75) is 30.3 Å². The van der Waals surface area contributed by atoms with Crippen molar-refractivity contribution in [2.24, 2.45) is 5.73 Å². The van der Waals surface area contributed by atoms with Crippen molar-refractivity contribution < 1.29 is 28.5 Å². The second-order valence-corrected chi connectivity index (χ2v) is 7.59. The number of rotatable bonds is 6. The highest BCUT2D eigenvalue weighted by Gasteiger charge is 2.44. The fourth-order valence-corrected chi connectivity index (χ4v) is 3.54. The molecule has 1 aromatic heterocycles. The van der Waals surface area contributed by atoms with Crippen molar-refractivity contribution in [3.05, 3.63) is 32.6 Å². The largest absolute Gasteiger partial charge is 0.394 e. The molecular weight excluding hydrogens is 346 g/mol. The van der Waals surface area contributed by atoms with Gasteiger partial charge in [0.2, 0.25) is 0 Å². The number of sulfone groups is 1. The van der Waals surface area contributed by atoms with Gasteiger partial charge < -0.3 is 25.8 Å². The molecule has 1 aromatic rings. The van der Waals surface area contributed by atoms with Crippen molar-refractivity contribution in [3.63, 3.8) is 0 Å². The number of hydrogen-bond acceptors (Lipinski definition) is 9. The quantitative estimate of drug-likeness (QED) is 0.335. The Morgan fingerprint density at radius 3 is 2.50 bits per heavy atom.